The van der Waals surface area contributed by atoms with Gasteiger partial charge in [0.1, 0.15) is 0 Å². The Balaban J connectivity index is 1.86. The van der Waals surface area contributed by atoms with Gasteiger partial charge >= 0.3 is 0 Å². The fraction of sp³-hybridized carbons (Fsp3) is 0.588. The van der Waals surface area contributed by atoms with Crippen molar-refractivity contribution in [2.75, 3.05) is 33.4 Å². The molecule has 1 aromatic carbocycles. The Labute approximate surface area is 132 Å². The topological polar surface area (TPSA) is 59.6 Å². The van der Waals surface area contributed by atoms with Crippen LogP contribution in [0.15, 0.2) is 18.2 Å². The number of rotatable bonds is 7. The van der Waals surface area contributed by atoms with E-state index in [9.17, 15) is 4.79 Å². The lowest BCUT2D eigenvalue weighted by Crippen LogP contribution is -2.33. The molecule has 1 aromatic rings. The second-order valence-corrected chi connectivity index (χ2v) is 5.56. The fourth-order valence-electron chi connectivity index (χ4n) is 2.75. The summed E-state index contributed by atoms with van der Waals surface area (Å²) in [5.41, 5.74) is 0.599. The van der Waals surface area contributed by atoms with Crippen LogP contribution in [0.2, 0.25) is 0 Å². The van der Waals surface area contributed by atoms with Crippen molar-refractivity contribution in [2.45, 2.75) is 26.2 Å². The molecule has 1 aliphatic rings. The quantitative estimate of drug-likeness (QED) is 0.811. The van der Waals surface area contributed by atoms with Crippen molar-refractivity contribution in [2.24, 2.45) is 5.92 Å². The van der Waals surface area contributed by atoms with Crippen LogP contribution in [0, 0.1) is 5.92 Å². The Kier molecular flexibility index (Phi) is 6.52. The van der Waals surface area contributed by atoms with E-state index in [0.717, 1.165) is 19.5 Å². The van der Waals surface area contributed by atoms with Gasteiger partial charge in [0.15, 0.2) is 11.5 Å². The zero-order chi connectivity index (χ0) is 15.8. The van der Waals surface area contributed by atoms with Gasteiger partial charge in [0, 0.05) is 12.1 Å². The molecule has 22 heavy (non-hydrogen) atoms. The monoisotopic (exact) mass is 306 g/mol. The molecule has 1 unspecified atom stereocenters. The molecule has 0 radical (unpaired) electrons. The minimum Gasteiger partial charge on any atom is -0.493 e. The van der Waals surface area contributed by atoms with Crippen molar-refractivity contribution in [3.63, 3.8) is 0 Å². The highest BCUT2D eigenvalue weighted by Gasteiger charge is 2.14. The molecule has 0 aliphatic carbocycles. The number of carbonyl (C=O) groups is 1. The van der Waals surface area contributed by atoms with Crippen molar-refractivity contribution in [3.05, 3.63) is 23.8 Å². The molecule has 5 nitrogen and oxygen atoms in total. The summed E-state index contributed by atoms with van der Waals surface area (Å²) in [6.45, 7) is 5.37. The first-order valence-corrected chi connectivity index (χ1v) is 8.04. The van der Waals surface area contributed by atoms with E-state index >= 15 is 0 Å². The molecule has 0 saturated carbocycles. The molecular formula is C17H26N2O3. The summed E-state index contributed by atoms with van der Waals surface area (Å²) in [5.74, 6) is 1.86. The first-order chi connectivity index (χ1) is 10.7. The summed E-state index contributed by atoms with van der Waals surface area (Å²) in [6.07, 6.45) is 3.50. The van der Waals surface area contributed by atoms with Gasteiger partial charge in [-0.25, -0.2) is 0 Å². The average molecular weight is 306 g/mol. The van der Waals surface area contributed by atoms with Gasteiger partial charge in [-0.2, -0.15) is 0 Å². The minimum atomic E-state index is -0.0647. The number of carbonyl (C=O) groups excluding carboxylic acids is 1. The van der Waals surface area contributed by atoms with Crippen LogP contribution >= 0.6 is 0 Å². The van der Waals surface area contributed by atoms with Crippen molar-refractivity contribution >= 4 is 5.91 Å². The molecular weight excluding hydrogens is 280 g/mol. The van der Waals surface area contributed by atoms with Gasteiger partial charge < -0.3 is 20.1 Å². The summed E-state index contributed by atoms with van der Waals surface area (Å²) in [6, 6.07) is 5.27. The molecule has 2 rings (SSSR count). The van der Waals surface area contributed by atoms with E-state index in [1.807, 2.05) is 6.92 Å². The van der Waals surface area contributed by atoms with E-state index in [2.05, 4.69) is 10.6 Å². The Morgan fingerprint density at radius 1 is 1.41 bits per heavy atom. The molecule has 1 aliphatic heterocycles. The number of ether oxygens (including phenoxy) is 2. The van der Waals surface area contributed by atoms with E-state index in [-0.39, 0.29) is 5.91 Å². The summed E-state index contributed by atoms with van der Waals surface area (Å²) in [5, 5.41) is 6.38. The zero-order valence-electron chi connectivity index (χ0n) is 13.5. The Bertz CT molecular complexity index is 485. The van der Waals surface area contributed by atoms with Gasteiger partial charge in [-0.1, -0.05) is 0 Å². The van der Waals surface area contributed by atoms with E-state index in [0.29, 0.717) is 36.1 Å². The van der Waals surface area contributed by atoms with Crippen LogP contribution in [0.3, 0.4) is 0 Å². The van der Waals surface area contributed by atoms with Crippen LogP contribution in [-0.4, -0.2) is 39.3 Å². The first kappa shape index (κ1) is 16.6. The molecule has 2 N–H and O–H groups in total. The fourth-order valence-corrected chi connectivity index (χ4v) is 2.75. The highest BCUT2D eigenvalue weighted by atomic mass is 16.5. The largest absolute Gasteiger partial charge is 0.493 e. The number of hydrogen-bond acceptors (Lipinski definition) is 4. The van der Waals surface area contributed by atoms with Crippen LogP contribution in [0.25, 0.3) is 0 Å². The summed E-state index contributed by atoms with van der Waals surface area (Å²) in [7, 11) is 1.58. The SMILES string of the molecule is CCOc1ccc(C(=O)NCCC2CCCNC2)cc1OC. The number of nitrogens with one attached hydrogen (secondary N) is 2. The summed E-state index contributed by atoms with van der Waals surface area (Å²) in [4.78, 5) is 12.2. The molecule has 0 aromatic heterocycles. The highest BCUT2D eigenvalue weighted by Crippen LogP contribution is 2.28. The third-order valence-corrected chi connectivity index (χ3v) is 3.96. The number of piperidine rings is 1. The van der Waals surface area contributed by atoms with Gasteiger partial charge in [0.2, 0.25) is 0 Å². The third-order valence-electron chi connectivity index (χ3n) is 3.96. The van der Waals surface area contributed by atoms with Gasteiger partial charge in [-0.3, -0.25) is 4.79 Å². The third kappa shape index (κ3) is 4.63. The van der Waals surface area contributed by atoms with Crippen LogP contribution in [0.1, 0.15) is 36.5 Å². The minimum absolute atomic E-state index is 0.0647. The molecule has 0 bridgehead atoms. The summed E-state index contributed by atoms with van der Waals surface area (Å²) < 4.78 is 10.7. The maximum atomic E-state index is 12.2. The van der Waals surface area contributed by atoms with Gasteiger partial charge in [-0.05, 0) is 63.4 Å². The number of benzene rings is 1. The molecule has 122 valence electrons. The Morgan fingerprint density at radius 3 is 2.95 bits per heavy atom. The standard InChI is InChI=1S/C17H26N2O3/c1-3-22-15-7-6-14(11-16(15)21-2)17(20)19-10-8-13-5-4-9-18-12-13/h6-7,11,13,18H,3-5,8-10,12H2,1-2H3,(H,19,20). The van der Waals surface area contributed by atoms with Crippen LogP contribution in [0.5, 0.6) is 11.5 Å². The maximum Gasteiger partial charge on any atom is 0.251 e. The lowest BCUT2D eigenvalue weighted by atomic mass is 9.96. The molecule has 0 spiro atoms. The van der Waals surface area contributed by atoms with Gasteiger partial charge in [0.05, 0.1) is 13.7 Å². The van der Waals surface area contributed by atoms with Gasteiger partial charge in [-0.15, -0.1) is 0 Å². The maximum absolute atomic E-state index is 12.2. The average Bonchev–Trinajstić information content (AvgIpc) is 2.56. The smallest absolute Gasteiger partial charge is 0.251 e. The Hall–Kier alpha value is -1.75. The lowest BCUT2D eigenvalue weighted by molar-refractivity contribution is 0.0950. The van der Waals surface area contributed by atoms with Crippen molar-refractivity contribution < 1.29 is 14.3 Å². The van der Waals surface area contributed by atoms with Gasteiger partial charge in [0.25, 0.3) is 5.91 Å². The second kappa shape index (κ2) is 8.63. The molecule has 1 heterocycles. The van der Waals surface area contributed by atoms with Crippen molar-refractivity contribution in [1.82, 2.24) is 10.6 Å². The van der Waals surface area contributed by atoms with E-state index in [4.69, 9.17) is 9.47 Å². The van der Waals surface area contributed by atoms with E-state index in [1.165, 1.54) is 12.8 Å². The predicted molar refractivity (Wildman–Crippen MR) is 86.7 cm³/mol. The molecule has 1 saturated heterocycles. The van der Waals surface area contributed by atoms with Crippen molar-refractivity contribution in [1.29, 1.82) is 0 Å². The lowest BCUT2D eigenvalue weighted by Gasteiger charge is -2.22. The van der Waals surface area contributed by atoms with E-state index in [1.54, 1.807) is 25.3 Å². The molecule has 5 heteroatoms. The van der Waals surface area contributed by atoms with Crippen molar-refractivity contribution in [3.8, 4) is 11.5 Å². The molecule has 1 amide bonds. The first-order valence-electron chi connectivity index (χ1n) is 8.04. The van der Waals surface area contributed by atoms with Crippen LogP contribution in [-0.2, 0) is 0 Å². The molecule has 1 atom stereocenters. The molecule has 1 fully saturated rings. The second-order valence-electron chi connectivity index (χ2n) is 5.56. The normalized spacial score (nSPS) is 17.8. The summed E-state index contributed by atoms with van der Waals surface area (Å²) >= 11 is 0. The van der Waals surface area contributed by atoms with E-state index < -0.39 is 0 Å². The number of methoxy groups -OCH3 is 1. The van der Waals surface area contributed by atoms with Crippen LogP contribution < -0.4 is 20.1 Å². The predicted octanol–water partition coefficient (Wildman–Crippen LogP) is 2.21. The highest BCUT2D eigenvalue weighted by molar-refractivity contribution is 5.94. The number of amides is 1. The number of hydrogen-bond donors (Lipinski definition) is 2. The Morgan fingerprint density at radius 2 is 2.27 bits per heavy atom. The van der Waals surface area contributed by atoms with Crippen LogP contribution in [0.4, 0.5) is 0 Å². The zero-order valence-corrected chi connectivity index (χ0v) is 13.5.